The van der Waals surface area contributed by atoms with E-state index < -0.39 is 0 Å². The summed E-state index contributed by atoms with van der Waals surface area (Å²) in [7, 11) is 0. The Morgan fingerprint density at radius 2 is 1.62 bits per heavy atom. The third kappa shape index (κ3) is 3.96. The van der Waals surface area contributed by atoms with E-state index in [2.05, 4.69) is 34.3 Å². The predicted octanol–water partition coefficient (Wildman–Crippen LogP) is 5.44. The van der Waals surface area contributed by atoms with Gasteiger partial charge in [-0.15, -0.1) is 6.58 Å². The van der Waals surface area contributed by atoms with Gasteiger partial charge in [0.15, 0.2) is 0 Å². The van der Waals surface area contributed by atoms with Crippen LogP contribution in [0.15, 0.2) is 12.2 Å². The van der Waals surface area contributed by atoms with Crippen molar-refractivity contribution in [3.63, 3.8) is 0 Å². The molecule has 1 aliphatic carbocycles. The molecule has 0 bridgehead atoms. The molecule has 94 valence electrons. The Labute approximate surface area is 103 Å². The van der Waals surface area contributed by atoms with E-state index in [1.807, 2.05) is 0 Å². The van der Waals surface area contributed by atoms with Crippen LogP contribution in [-0.2, 0) is 0 Å². The van der Waals surface area contributed by atoms with Crippen LogP contribution in [0.5, 0.6) is 0 Å². The number of allylic oxidation sites excluding steroid dienone is 1. The Hall–Kier alpha value is -0.260. The van der Waals surface area contributed by atoms with Crippen LogP contribution in [0.2, 0.25) is 0 Å². The van der Waals surface area contributed by atoms with Crippen LogP contribution in [0.4, 0.5) is 0 Å². The van der Waals surface area contributed by atoms with Crippen molar-refractivity contribution in [2.45, 2.75) is 66.2 Å². The van der Waals surface area contributed by atoms with Gasteiger partial charge in [0.05, 0.1) is 0 Å². The molecular weight excluding hydrogens is 192 g/mol. The molecule has 0 aliphatic heterocycles. The van der Waals surface area contributed by atoms with Gasteiger partial charge in [-0.1, -0.05) is 39.2 Å². The van der Waals surface area contributed by atoms with Crippen LogP contribution in [0.3, 0.4) is 0 Å². The first-order valence-electron chi connectivity index (χ1n) is 7.19. The molecule has 4 atom stereocenters. The van der Waals surface area contributed by atoms with E-state index in [4.69, 9.17) is 0 Å². The summed E-state index contributed by atoms with van der Waals surface area (Å²) >= 11 is 0. The molecule has 0 aromatic rings. The second kappa shape index (κ2) is 6.47. The molecule has 1 aliphatic rings. The van der Waals surface area contributed by atoms with Gasteiger partial charge in [-0.3, -0.25) is 0 Å². The minimum absolute atomic E-state index is 0.933. The SMILES string of the molecule is C=C(C)CCC1CC(CCC)C(C)CC1C. The van der Waals surface area contributed by atoms with Crippen molar-refractivity contribution in [1.29, 1.82) is 0 Å². The van der Waals surface area contributed by atoms with Crippen molar-refractivity contribution in [1.82, 2.24) is 0 Å². The Morgan fingerprint density at radius 1 is 1.06 bits per heavy atom. The van der Waals surface area contributed by atoms with Gasteiger partial charge in [-0.25, -0.2) is 0 Å². The molecule has 0 amide bonds. The van der Waals surface area contributed by atoms with E-state index in [1.165, 1.54) is 44.1 Å². The Balaban J connectivity index is 2.46. The van der Waals surface area contributed by atoms with E-state index in [9.17, 15) is 0 Å². The first-order valence-corrected chi connectivity index (χ1v) is 7.19. The van der Waals surface area contributed by atoms with Crippen molar-refractivity contribution in [2.24, 2.45) is 23.7 Å². The quantitative estimate of drug-likeness (QED) is 0.543. The molecule has 0 saturated heterocycles. The van der Waals surface area contributed by atoms with Crippen LogP contribution < -0.4 is 0 Å². The van der Waals surface area contributed by atoms with Gasteiger partial charge >= 0.3 is 0 Å². The molecule has 0 radical (unpaired) electrons. The van der Waals surface area contributed by atoms with E-state index in [-0.39, 0.29) is 0 Å². The summed E-state index contributed by atoms with van der Waals surface area (Å²) in [6.45, 7) is 13.5. The smallest absolute Gasteiger partial charge is 0.0323 e. The minimum Gasteiger partial charge on any atom is -0.100 e. The monoisotopic (exact) mass is 222 g/mol. The summed E-state index contributed by atoms with van der Waals surface area (Å²) in [5.41, 5.74) is 1.36. The Kier molecular flexibility index (Phi) is 5.58. The molecule has 0 heterocycles. The highest BCUT2D eigenvalue weighted by atomic mass is 14.4. The second-order valence-electron chi connectivity index (χ2n) is 6.23. The molecule has 0 aromatic heterocycles. The first kappa shape index (κ1) is 13.8. The standard InChI is InChI=1S/C16H30/c1-6-7-15-11-16(9-8-12(2)3)14(5)10-13(15)4/h13-16H,2,6-11H2,1,3-5H3. The zero-order chi connectivity index (χ0) is 12.1. The van der Waals surface area contributed by atoms with E-state index >= 15 is 0 Å². The molecule has 0 heteroatoms. The highest BCUT2D eigenvalue weighted by Crippen LogP contribution is 2.41. The van der Waals surface area contributed by atoms with E-state index in [0.717, 1.165) is 23.7 Å². The normalized spacial score (nSPS) is 35.0. The van der Waals surface area contributed by atoms with Gasteiger partial charge in [0.2, 0.25) is 0 Å². The predicted molar refractivity (Wildman–Crippen MR) is 73.5 cm³/mol. The summed E-state index contributed by atoms with van der Waals surface area (Å²) in [6, 6.07) is 0. The van der Waals surface area contributed by atoms with Crippen LogP contribution in [-0.4, -0.2) is 0 Å². The molecule has 0 aromatic carbocycles. The molecule has 1 rings (SSSR count). The maximum absolute atomic E-state index is 4.03. The van der Waals surface area contributed by atoms with Gasteiger partial charge in [0.25, 0.3) is 0 Å². The highest BCUT2D eigenvalue weighted by molar-refractivity contribution is 4.90. The maximum Gasteiger partial charge on any atom is -0.0323 e. The number of hydrogen-bond donors (Lipinski definition) is 0. The minimum atomic E-state index is 0.933. The molecule has 4 unspecified atom stereocenters. The number of rotatable bonds is 5. The van der Waals surface area contributed by atoms with Gasteiger partial charge < -0.3 is 0 Å². The average Bonchev–Trinajstić information content (AvgIpc) is 2.20. The van der Waals surface area contributed by atoms with Crippen molar-refractivity contribution >= 4 is 0 Å². The second-order valence-corrected chi connectivity index (χ2v) is 6.23. The molecular formula is C16H30. The van der Waals surface area contributed by atoms with Crippen LogP contribution >= 0.6 is 0 Å². The first-order chi connectivity index (χ1) is 7.54. The van der Waals surface area contributed by atoms with Gasteiger partial charge in [-0.2, -0.15) is 0 Å². The summed E-state index contributed by atoms with van der Waals surface area (Å²) in [6.07, 6.45) is 8.34. The molecule has 0 nitrogen and oxygen atoms in total. The third-order valence-corrected chi connectivity index (χ3v) is 4.56. The Morgan fingerprint density at radius 3 is 2.12 bits per heavy atom. The fourth-order valence-electron chi connectivity index (χ4n) is 3.43. The van der Waals surface area contributed by atoms with Crippen LogP contribution in [0, 0.1) is 23.7 Å². The zero-order valence-corrected chi connectivity index (χ0v) is 11.8. The summed E-state index contributed by atoms with van der Waals surface area (Å²) < 4.78 is 0. The molecule has 16 heavy (non-hydrogen) atoms. The highest BCUT2D eigenvalue weighted by Gasteiger charge is 2.31. The zero-order valence-electron chi connectivity index (χ0n) is 11.8. The number of hydrogen-bond acceptors (Lipinski definition) is 0. The Bertz CT molecular complexity index is 216. The fourth-order valence-corrected chi connectivity index (χ4v) is 3.43. The van der Waals surface area contributed by atoms with Crippen molar-refractivity contribution in [2.75, 3.05) is 0 Å². The lowest BCUT2D eigenvalue weighted by atomic mass is 9.67. The average molecular weight is 222 g/mol. The third-order valence-electron chi connectivity index (χ3n) is 4.56. The van der Waals surface area contributed by atoms with Crippen molar-refractivity contribution in [3.05, 3.63) is 12.2 Å². The molecule has 1 saturated carbocycles. The lowest BCUT2D eigenvalue weighted by Crippen LogP contribution is -2.29. The van der Waals surface area contributed by atoms with Gasteiger partial charge in [0, 0.05) is 0 Å². The van der Waals surface area contributed by atoms with Crippen LogP contribution in [0.1, 0.15) is 66.2 Å². The molecule has 1 fully saturated rings. The van der Waals surface area contributed by atoms with E-state index in [0.29, 0.717) is 0 Å². The van der Waals surface area contributed by atoms with E-state index in [1.54, 1.807) is 0 Å². The maximum atomic E-state index is 4.03. The van der Waals surface area contributed by atoms with Gasteiger partial charge in [-0.05, 0) is 56.3 Å². The van der Waals surface area contributed by atoms with Crippen molar-refractivity contribution in [3.8, 4) is 0 Å². The topological polar surface area (TPSA) is 0 Å². The summed E-state index contributed by atoms with van der Waals surface area (Å²) in [5, 5.41) is 0. The lowest BCUT2D eigenvalue weighted by Gasteiger charge is -2.39. The summed E-state index contributed by atoms with van der Waals surface area (Å²) in [4.78, 5) is 0. The van der Waals surface area contributed by atoms with Crippen LogP contribution in [0.25, 0.3) is 0 Å². The molecule has 0 spiro atoms. The molecule has 0 N–H and O–H groups in total. The largest absolute Gasteiger partial charge is 0.100 e. The van der Waals surface area contributed by atoms with Gasteiger partial charge in [0.1, 0.15) is 0 Å². The lowest BCUT2D eigenvalue weighted by molar-refractivity contribution is 0.119. The summed E-state index contributed by atoms with van der Waals surface area (Å²) in [5.74, 6) is 3.85. The fraction of sp³-hybridized carbons (Fsp3) is 0.875. The van der Waals surface area contributed by atoms with Crippen molar-refractivity contribution < 1.29 is 0 Å².